The number of hydrogen-bond acceptors (Lipinski definition) is 7. The Bertz CT molecular complexity index is 848. The molecule has 1 aliphatic carbocycles. The highest BCUT2D eigenvalue weighted by molar-refractivity contribution is 6.13. The maximum absolute atomic E-state index is 8.59. The molecule has 26 heavy (non-hydrogen) atoms. The van der Waals surface area contributed by atoms with Gasteiger partial charge in [0, 0.05) is 36.4 Å². The Morgan fingerprint density at radius 2 is 2.12 bits per heavy atom. The molecule has 2 heterocycles. The number of anilines is 2. The van der Waals surface area contributed by atoms with Crippen molar-refractivity contribution in [3.63, 3.8) is 0 Å². The first-order valence-electron chi connectivity index (χ1n) is 8.94. The predicted octanol–water partition coefficient (Wildman–Crippen LogP) is 1.94. The van der Waals surface area contributed by atoms with Crippen molar-refractivity contribution in [3.05, 3.63) is 41.9 Å². The zero-order valence-electron chi connectivity index (χ0n) is 14.9. The van der Waals surface area contributed by atoms with E-state index in [-0.39, 0.29) is 17.4 Å². The van der Waals surface area contributed by atoms with E-state index in [9.17, 15) is 0 Å². The van der Waals surface area contributed by atoms with Crippen LogP contribution in [0.3, 0.4) is 0 Å². The first kappa shape index (κ1) is 16.8. The van der Waals surface area contributed by atoms with Gasteiger partial charge in [0.2, 0.25) is 0 Å². The van der Waals surface area contributed by atoms with Crippen LogP contribution in [0.4, 0.5) is 11.5 Å². The minimum atomic E-state index is -0.0772. The largest absolute Gasteiger partial charge is 0.488 e. The van der Waals surface area contributed by atoms with Crippen LogP contribution in [0.15, 0.2) is 30.6 Å². The smallest absolute Gasteiger partial charge is 0.132 e. The van der Waals surface area contributed by atoms with Crippen molar-refractivity contribution in [1.29, 1.82) is 5.41 Å². The van der Waals surface area contributed by atoms with Crippen molar-refractivity contribution in [2.45, 2.75) is 37.8 Å². The molecular formula is C19H24N6O. The number of nitrogens with zero attached hydrogens (tertiary/aromatic N) is 3. The molecule has 4 rings (SSSR count). The summed E-state index contributed by atoms with van der Waals surface area (Å²) < 4.78 is 6.00. The zero-order chi connectivity index (χ0) is 18.3. The third-order valence-electron chi connectivity index (χ3n) is 5.07. The fourth-order valence-electron chi connectivity index (χ4n) is 3.17. The monoisotopic (exact) mass is 352 g/mol. The summed E-state index contributed by atoms with van der Waals surface area (Å²) in [4.78, 5) is 10.7. The molecule has 1 unspecified atom stereocenters. The van der Waals surface area contributed by atoms with Crippen LogP contribution in [0.5, 0.6) is 5.75 Å². The molecule has 5 N–H and O–H groups in total. The van der Waals surface area contributed by atoms with E-state index < -0.39 is 0 Å². The molecule has 2 aliphatic rings. The molecule has 0 bridgehead atoms. The van der Waals surface area contributed by atoms with Crippen LogP contribution in [-0.4, -0.2) is 40.4 Å². The van der Waals surface area contributed by atoms with E-state index in [0.717, 1.165) is 43.9 Å². The second-order valence-corrected chi connectivity index (χ2v) is 7.43. The predicted molar refractivity (Wildman–Crippen MR) is 102 cm³/mol. The number of nitrogen functional groups attached to an aromatic ring is 1. The van der Waals surface area contributed by atoms with E-state index in [2.05, 4.69) is 21.8 Å². The molecule has 136 valence electrons. The standard InChI is InChI=1S/C19H24N6O/c1-19(5-6-19)26-13-2-3-15(21)14(8-13)18(22)16-9-17(24-11-23-16)25-7-4-12(20)10-25/h2-3,8-9,11-12,22H,4-7,10,20-21H2,1H3. The molecule has 1 aromatic carbocycles. The van der Waals surface area contributed by atoms with Gasteiger partial charge in [0.05, 0.1) is 11.4 Å². The van der Waals surface area contributed by atoms with Crippen molar-refractivity contribution >= 4 is 17.2 Å². The molecule has 2 fully saturated rings. The van der Waals surface area contributed by atoms with E-state index in [1.54, 1.807) is 6.07 Å². The van der Waals surface area contributed by atoms with Gasteiger partial charge in [-0.1, -0.05) is 0 Å². The summed E-state index contributed by atoms with van der Waals surface area (Å²) in [6.07, 6.45) is 4.54. The van der Waals surface area contributed by atoms with Gasteiger partial charge < -0.3 is 21.1 Å². The van der Waals surface area contributed by atoms with Crippen molar-refractivity contribution in [2.75, 3.05) is 23.7 Å². The van der Waals surface area contributed by atoms with E-state index in [1.165, 1.54) is 6.33 Å². The molecule has 7 heteroatoms. The van der Waals surface area contributed by atoms with Crippen molar-refractivity contribution in [1.82, 2.24) is 9.97 Å². The summed E-state index contributed by atoms with van der Waals surface area (Å²) in [5.74, 6) is 1.53. The second-order valence-electron chi connectivity index (χ2n) is 7.43. The zero-order valence-corrected chi connectivity index (χ0v) is 14.9. The fraction of sp³-hybridized carbons (Fsp3) is 0.421. The highest BCUT2D eigenvalue weighted by Gasteiger charge is 2.40. The van der Waals surface area contributed by atoms with Crippen LogP contribution in [0.2, 0.25) is 0 Å². The van der Waals surface area contributed by atoms with Gasteiger partial charge in [-0.25, -0.2) is 9.97 Å². The van der Waals surface area contributed by atoms with Crippen molar-refractivity contribution in [2.24, 2.45) is 5.73 Å². The third kappa shape index (κ3) is 3.35. The maximum Gasteiger partial charge on any atom is 0.132 e. The highest BCUT2D eigenvalue weighted by atomic mass is 16.5. The van der Waals surface area contributed by atoms with Crippen LogP contribution >= 0.6 is 0 Å². The molecule has 1 aliphatic heterocycles. The Hall–Kier alpha value is -2.67. The lowest BCUT2D eigenvalue weighted by molar-refractivity contribution is 0.200. The summed E-state index contributed by atoms with van der Waals surface area (Å²) in [7, 11) is 0. The number of nitrogens with two attached hydrogens (primary N) is 2. The number of benzene rings is 1. The SMILES string of the molecule is CC1(Oc2ccc(N)c(C(=N)c3cc(N4CCC(N)C4)ncn3)c2)CC1. The van der Waals surface area contributed by atoms with Crippen LogP contribution in [0.25, 0.3) is 0 Å². The molecule has 7 nitrogen and oxygen atoms in total. The minimum absolute atomic E-state index is 0.0772. The molecule has 1 atom stereocenters. The highest BCUT2D eigenvalue weighted by Crippen LogP contribution is 2.40. The van der Waals surface area contributed by atoms with Crippen molar-refractivity contribution in [3.8, 4) is 5.75 Å². The maximum atomic E-state index is 8.59. The van der Waals surface area contributed by atoms with E-state index >= 15 is 0 Å². The summed E-state index contributed by atoms with van der Waals surface area (Å²) >= 11 is 0. The van der Waals surface area contributed by atoms with Gasteiger partial charge in [-0.05, 0) is 44.4 Å². The van der Waals surface area contributed by atoms with E-state index in [4.69, 9.17) is 21.6 Å². The molecular weight excluding hydrogens is 328 g/mol. The number of rotatable bonds is 5. The van der Waals surface area contributed by atoms with Gasteiger partial charge in [0.25, 0.3) is 0 Å². The third-order valence-corrected chi connectivity index (χ3v) is 5.07. The fourth-order valence-corrected chi connectivity index (χ4v) is 3.17. The van der Waals surface area contributed by atoms with Crippen LogP contribution in [0, 0.1) is 5.41 Å². The normalized spacial score (nSPS) is 20.8. The molecule has 0 spiro atoms. The Morgan fingerprint density at radius 3 is 2.81 bits per heavy atom. The van der Waals surface area contributed by atoms with Gasteiger partial charge in [0.1, 0.15) is 23.5 Å². The average molecular weight is 352 g/mol. The first-order valence-corrected chi connectivity index (χ1v) is 8.94. The average Bonchev–Trinajstić information content (AvgIpc) is 3.19. The molecule has 1 saturated carbocycles. The Kier molecular flexibility index (Phi) is 4.03. The number of nitrogens with one attached hydrogen (secondary N) is 1. The Morgan fingerprint density at radius 1 is 1.31 bits per heavy atom. The van der Waals surface area contributed by atoms with Gasteiger partial charge in [-0.3, -0.25) is 5.41 Å². The van der Waals surface area contributed by atoms with Crippen LogP contribution in [-0.2, 0) is 0 Å². The number of aromatic nitrogens is 2. The van der Waals surface area contributed by atoms with Gasteiger partial charge >= 0.3 is 0 Å². The Labute approximate surface area is 152 Å². The molecule has 2 aromatic rings. The minimum Gasteiger partial charge on any atom is -0.488 e. The lowest BCUT2D eigenvalue weighted by Gasteiger charge is -2.18. The van der Waals surface area contributed by atoms with E-state index in [1.807, 2.05) is 18.2 Å². The molecule has 0 radical (unpaired) electrons. The lowest BCUT2D eigenvalue weighted by Crippen LogP contribution is -2.27. The van der Waals surface area contributed by atoms with Gasteiger partial charge in [-0.15, -0.1) is 0 Å². The van der Waals surface area contributed by atoms with Crippen LogP contribution in [0.1, 0.15) is 37.4 Å². The van der Waals surface area contributed by atoms with Gasteiger partial charge in [0.15, 0.2) is 0 Å². The summed E-state index contributed by atoms with van der Waals surface area (Å²) in [6, 6.07) is 7.46. The quantitative estimate of drug-likeness (QED) is 0.560. The van der Waals surface area contributed by atoms with E-state index in [0.29, 0.717) is 16.9 Å². The lowest BCUT2D eigenvalue weighted by atomic mass is 10.0. The second kappa shape index (κ2) is 6.25. The first-order chi connectivity index (χ1) is 12.4. The van der Waals surface area contributed by atoms with Crippen molar-refractivity contribution < 1.29 is 4.74 Å². The summed E-state index contributed by atoms with van der Waals surface area (Å²) in [5.41, 5.74) is 14.0. The summed E-state index contributed by atoms with van der Waals surface area (Å²) in [5, 5.41) is 8.59. The topological polar surface area (TPSA) is 114 Å². The molecule has 1 saturated heterocycles. The summed E-state index contributed by atoms with van der Waals surface area (Å²) in [6.45, 7) is 3.73. The molecule has 1 aromatic heterocycles. The number of ether oxygens (including phenoxy) is 1. The number of hydrogen-bond donors (Lipinski definition) is 3. The van der Waals surface area contributed by atoms with Gasteiger partial charge in [-0.2, -0.15) is 0 Å². The Balaban J connectivity index is 1.60. The van der Waals surface area contributed by atoms with Crippen LogP contribution < -0.4 is 21.1 Å². The molecule has 0 amide bonds.